The average Bonchev–Trinajstić information content (AvgIpc) is 1.58. The highest BCUT2D eigenvalue weighted by atomic mass is 32.2. The molecule has 2 unspecified atom stereocenters. The van der Waals surface area contributed by atoms with Gasteiger partial charge in [0.2, 0.25) is 100 Å². The van der Waals surface area contributed by atoms with Gasteiger partial charge in [0.05, 0.1) is 36.7 Å². The Hall–Kier alpha value is -13.8. The average molecular weight is 2040 g/mol. The van der Waals surface area contributed by atoms with Gasteiger partial charge in [-0.1, -0.05) is 103 Å². The van der Waals surface area contributed by atoms with Crippen molar-refractivity contribution in [3.05, 3.63) is 120 Å². The monoisotopic (exact) mass is 2030 g/mol. The van der Waals surface area contributed by atoms with Crippen LogP contribution in [-0.4, -0.2) is 294 Å². The van der Waals surface area contributed by atoms with Crippen LogP contribution in [0.5, 0.6) is 5.75 Å². The number of hydrogen-bond acceptors (Lipinski definition) is 24. The second-order valence-corrected chi connectivity index (χ2v) is 39.8. The molecule has 4 aliphatic rings. The second-order valence-electron chi connectivity index (χ2n) is 38.5. The van der Waals surface area contributed by atoms with E-state index in [0.29, 0.717) is 47.0 Å². The van der Waals surface area contributed by atoms with Crippen LogP contribution in [0.25, 0.3) is 21.8 Å². The van der Waals surface area contributed by atoms with Gasteiger partial charge in [-0.3, -0.25) is 81.5 Å². The van der Waals surface area contributed by atoms with Crippen LogP contribution in [0.4, 0.5) is 4.79 Å². The summed E-state index contributed by atoms with van der Waals surface area (Å²) >= 11 is 1.78. The summed E-state index contributed by atoms with van der Waals surface area (Å²) in [6, 6.07) is 2.60. The van der Waals surface area contributed by atoms with Crippen LogP contribution in [0.15, 0.2) is 97.7 Å². The van der Waals surface area contributed by atoms with E-state index in [1.165, 1.54) is 40.4 Å². The molecule has 145 heavy (non-hydrogen) atoms. The van der Waals surface area contributed by atoms with Gasteiger partial charge in [-0.05, 0) is 162 Å². The number of nitrogens with zero attached hydrogens (tertiary/aromatic N) is 3. The van der Waals surface area contributed by atoms with E-state index in [1.54, 1.807) is 78.0 Å². The molecular formula is C99H143N25O20S. The summed E-state index contributed by atoms with van der Waals surface area (Å²) in [5, 5.41) is 63.2. The third-order valence-corrected chi connectivity index (χ3v) is 27.9. The number of aliphatic hydroxyl groups is 1. The summed E-state index contributed by atoms with van der Waals surface area (Å²) in [5.74, 6) is -13.9. The Morgan fingerprint density at radius 3 is 1.59 bits per heavy atom. The first-order chi connectivity index (χ1) is 69.4. The maximum absolute atomic E-state index is 15.1. The number of imidazole rings is 1. The number of para-hydroxylation sites is 2. The van der Waals surface area contributed by atoms with Gasteiger partial charge in [0.1, 0.15) is 78.3 Å². The molecule has 10 rings (SSSR count). The molecule has 0 radical (unpaired) electrons. The highest BCUT2D eigenvalue weighted by Crippen LogP contribution is 2.34. The lowest BCUT2D eigenvalue weighted by atomic mass is 9.96. The van der Waals surface area contributed by atoms with Gasteiger partial charge in [-0.15, -0.1) is 0 Å². The van der Waals surface area contributed by atoms with Crippen molar-refractivity contribution in [2.24, 2.45) is 40.7 Å². The molecule has 6 aromatic rings. The van der Waals surface area contributed by atoms with Crippen LogP contribution in [0.2, 0.25) is 0 Å². The van der Waals surface area contributed by atoms with Crippen molar-refractivity contribution in [2.45, 2.75) is 285 Å². The first-order valence-electron chi connectivity index (χ1n) is 50.0. The number of H-pyrrole nitrogens is 3. The van der Waals surface area contributed by atoms with Crippen molar-refractivity contribution in [3.8, 4) is 5.75 Å². The number of fused-ring (bicyclic) bond motifs is 3. The number of nitrogens with two attached hydrogens (primary N) is 4. The van der Waals surface area contributed by atoms with Crippen molar-refractivity contribution in [1.82, 2.24) is 109 Å². The van der Waals surface area contributed by atoms with Gasteiger partial charge < -0.3 is 138 Å². The molecule has 3 aromatic heterocycles. The summed E-state index contributed by atoms with van der Waals surface area (Å²) in [6.45, 7) is 9.37. The molecule has 790 valence electrons. The topological polar surface area (TPSA) is 699 Å². The molecular weight excluding hydrogens is 1890 g/mol. The third-order valence-electron chi connectivity index (χ3n) is 26.4. The lowest BCUT2D eigenvalue weighted by Crippen LogP contribution is -2.61. The minimum Gasteiger partial charge on any atom is -0.508 e. The first kappa shape index (κ1) is 113. The van der Waals surface area contributed by atoms with Gasteiger partial charge in [-0.2, -0.15) is 11.8 Å². The SMILES string of the molecule is CC[C@H](C)[C@H](NC(=O)[C@@H]1CCCN1C(=O)[C@H](CCC(N)=O)NC(=O)CNC(=O)[C@@H]1CCCN1C(=O)[C@H](CCCCN)NC(=O)[C@H](CC(C)C)NC(=O)[C@H](CCC(N)=O)NC(=O)[C@H](CC(C)C)NC(=O)[C@H](Cc1c[nH]c2ccccc12)NC(=O)[C@H](Cc1c[nH]cn1)NC(=O)[C@@H](N)Cc1c[nH]c2ccccc12)C(=O)N[C@@H](Cc1ccc(O)cc1)C(=O)NC(CCO)C(=O)NCCNC(=O)CCCCC1SC[C@@H]2NC(=O)N[C@H]12. The number of amides is 19. The summed E-state index contributed by atoms with van der Waals surface area (Å²) < 4.78 is 0. The van der Waals surface area contributed by atoms with E-state index >= 15 is 9.59 Å². The summed E-state index contributed by atoms with van der Waals surface area (Å²) in [5.41, 5.74) is 27.5. The number of primary amides is 2. The molecule has 4 fully saturated rings. The van der Waals surface area contributed by atoms with E-state index in [1.807, 2.05) is 42.5 Å². The molecule has 4 aliphatic heterocycles. The molecule has 7 heterocycles. The van der Waals surface area contributed by atoms with E-state index in [2.05, 4.69) is 99.7 Å². The number of rotatable bonds is 59. The number of phenols is 1. The van der Waals surface area contributed by atoms with Gasteiger partial charge in [0, 0.05) is 123 Å². The number of phenolic OH excluding ortho intramolecular Hbond substituents is 1. The van der Waals surface area contributed by atoms with Crippen molar-refractivity contribution in [3.63, 3.8) is 0 Å². The Labute approximate surface area is 845 Å². The van der Waals surface area contributed by atoms with E-state index in [0.717, 1.165) is 35.1 Å². The maximum atomic E-state index is 15.1. The molecule has 17 atom stereocenters. The first-order valence-corrected chi connectivity index (χ1v) is 51.1. The Morgan fingerprint density at radius 2 is 1.01 bits per heavy atom. The van der Waals surface area contributed by atoms with Crippen molar-refractivity contribution >= 4 is 140 Å². The van der Waals surface area contributed by atoms with E-state index in [4.69, 9.17) is 22.9 Å². The fourth-order valence-corrected chi connectivity index (χ4v) is 20.0. The fraction of sp³-hybridized carbons (Fsp3) is 0.566. The van der Waals surface area contributed by atoms with Crippen LogP contribution in [0, 0.1) is 17.8 Å². The van der Waals surface area contributed by atoms with Crippen LogP contribution in [0.3, 0.4) is 0 Å². The number of aromatic amines is 3. The zero-order chi connectivity index (χ0) is 105. The molecule has 0 aliphatic carbocycles. The number of aromatic nitrogens is 4. The highest BCUT2D eigenvalue weighted by Gasteiger charge is 2.46. The highest BCUT2D eigenvalue weighted by molar-refractivity contribution is 8.00. The Morgan fingerprint density at radius 1 is 0.503 bits per heavy atom. The summed E-state index contributed by atoms with van der Waals surface area (Å²) in [6.07, 6.45) is 8.10. The summed E-state index contributed by atoms with van der Waals surface area (Å²) in [4.78, 5) is 270. The van der Waals surface area contributed by atoms with E-state index in [-0.39, 0.29) is 176 Å². The number of likely N-dealkylation sites (tertiary alicyclic amines) is 2. The quantitative estimate of drug-likeness (QED) is 0.0157. The number of aromatic hydroxyl groups is 1. The van der Waals surface area contributed by atoms with Crippen molar-refractivity contribution < 1.29 is 96.5 Å². The number of aliphatic hydroxyl groups excluding tert-OH is 1. The minimum atomic E-state index is -1.60. The normalized spacial score (nSPS) is 18.4. The minimum absolute atomic E-state index is 0.0105. The number of carbonyl (C=O) groups excluding carboxylic acids is 18. The van der Waals surface area contributed by atoms with Crippen molar-refractivity contribution in [2.75, 3.05) is 51.6 Å². The smallest absolute Gasteiger partial charge is 0.315 e. The zero-order valence-electron chi connectivity index (χ0n) is 82.9. The summed E-state index contributed by atoms with van der Waals surface area (Å²) in [7, 11) is 0. The Kier molecular flexibility index (Phi) is 43.7. The Balaban J connectivity index is 0.754. The van der Waals surface area contributed by atoms with Crippen LogP contribution < -0.4 is 103 Å². The van der Waals surface area contributed by atoms with Crippen LogP contribution in [-0.2, 0) is 107 Å². The van der Waals surface area contributed by atoms with Crippen molar-refractivity contribution in [1.29, 1.82) is 0 Å². The van der Waals surface area contributed by atoms with Gasteiger partial charge in [0.15, 0.2) is 0 Å². The molecule has 19 amide bonds. The third kappa shape index (κ3) is 33.9. The fourth-order valence-electron chi connectivity index (χ4n) is 18.4. The second kappa shape index (κ2) is 55.9. The number of hydrogen-bond donors (Lipinski definition) is 24. The molecule has 45 nitrogen and oxygen atoms in total. The lowest BCUT2D eigenvalue weighted by Gasteiger charge is -2.32. The number of benzene rings is 3. The van der Waals surface area contributed by atoms with Crippen LogP contribution in [0.1, 0.15) is 186 Å². The number of carbonyl (C=O) groups is 18. The standard InChI is InChI=1S/C99H143N25O20S/c1-7-56(6)84(96(141)119-73(44-57-27-29-61(126)30-28-57)91(136)113-68(35-41-125)87(132)106-38-37-105-82(129)26-13-12-25-79-85-76(52-145-79)120-99(144)122-85)121-95(140)78-24-17-40-124(78)98(143)70(32-34-81(103)128)111-83(130)51-109-94(139)77-23-16-39-123(77)97(142)69(22-14-15-36-100)114-90(135)72(43-55(4)5)116-88(133)67(31-33-80(102)127)112-89(134)71(42-54(2)3)117-92(137)74(46-59-49-108-66-21-11-9-19-63(59)66)118-93(138)75(47-60-50-104-53-110-60)115-86(131)64(101)45-58-48-107-65-20-10-8-18-62(58)65/h8-11,18-21,27-30,48-50,53-56,64,67-79,84-85,107-108,125-126H,7,12-17,22-26,31-47,51-52,100-101H2,1-6H3,(H2,102,127)(H2,103,128)(H,104,110)(H,105,129)(H,106,132)(H,109,139)(H,111,130)(H,112,134)(H,113,136)(H,114,135)(H,115,131)(H,116,133)(H,117,137)(H,118,138)(H,119,141)(H,121,140)(H2,120,122,144)/t56-,64-,67-,68?,69-,70-,71-,72-,73-,74-,75-,76-,77-,78-,79?,84-,85-/m0/s1. The molecule has 0 spiro atoms. The lowest BCUT2D eigenvalue weighted by molar-refractivity contribution is -0.143. The predicted molar refractivity (Wildman–Crippen MR) is 538 cm³/mol. The van der Waals surface area contributed by atoms with E-state index < -0.39 is 211 Å². The predicted octanol–water partition coefficient (Wildman–Crippen LogP) is -1.24. The largest absolute Gasteiger partial charge is 0.508 e. The zero-order valence-corrected chi connectivity index (χ0v) is 83.7. The van der Waals surface area contributed by atoms with E-state index in [9.17, 15) is 86.9 Å². The Bertz CT molecular complexity index is 5470. The van der Waals surface area contributed by atoms with Gasteiger partial charge >= 0.3 is 6.03 Å². The molecule has 4 saturated heterocycles. The molecule has 46 heteroatoms. The number of thioether (sulfide) groups is 1. The molecule has 0 bridgehead atoms. The van der Waals surface area contributed by atoms with Gasteiger partial charge in [0.25, 0.3) is 0 Å². The number of unbranched alkanes of at least 4 members (excludes halogenated alkanes) is 2. The molecule has 3 aromatic carbocycles. The maximum Gasteiger partial charge on any atom is 0.315 e. The molecule has 0 saturated carbocycles. The molecule has 28 N–H and O–H groups in total. The van der Waals surface area contributed by atoms with Crippen LogP contribution >= 0.6 is 11.8 Å². The number of urea groups is 1. The number of nitrogens with one attached hydrogen (secondary N) is 18. The van der Waals surface area contributed by atoms with Gasteiger partial charge in [-0.25, -0.2) is 9.78 Å².